The second-order valence-corrected chi connectivity index (χ2v) is 15.4. The van der Waals surface area contributed by atoms with Gasteiger partial charge in [0.05, 0.1) is 9.75 Å². The summed E-state index contributed by atoms with van der Waals surface area (Å²) >= 11 is 1.91. The maximum absolute atomic E-state index is 6.40. The van der Waals surface area contributed by atoms with Crippen molar-refractivity contribution in [2.45, 2.75) is 151 Å². The summed E-state index contributed by atoms with van der Waals surface area (Å²) in [4.78, 5) is 2.59. The van der Waals surface area contributed by atoms with Crippen molar-refractivity contribution in [1.29, 1.82) is 0 Å². The third-order valence-electron chi connectivity index (χ3n) is 8.92. The van der Waals surface area contributed by atoms with Crippen LogP contribution < -0.4 is 9.47 Å². The second-order valence-electron chi connectivity index (χ2n) is 14.3. The Morgan fingerprint density at radius 3 is 1.85 bits per heavy atom. The van der Waals surface area contributed by atoms with Crippen LogP contribution in [0, 0.1) is 11.8 Å². The van der Waals surface area contributed by atoms with Crippen molar-refractivity contribution >= 4 is 11.3 Å². The summed E-state index contributed by atoms with van der Waals surface area (Å²) in [7, 11) is 0. The molecule has 0 bridgehead atoms. The Hall–Kier alpha value is -1.48. The van der Waals surface area contributed by atoms with Gasteiger partial charge in [-0.3, -0.25) is 0 Å². The maximum atomic E-state index is 6.40. The van der Waals surface area contributed by atoms with Crippen LogP contribution in [0.4, 0.5) is 0 Å². The summed E-state index contributed by atoms with van der Waals surface area (Å²) < 4.78 is 12.7. The van der Waals surface area contributed by atoms with Crippen LogP contribution in [0.25, 0.3) is 10.4 Å². The van der Waals surface area contributed by atoms with E-state index < -0.39 is 0 Å². The van der Waals surface area contributed by atoms with Gasteiger partial charge < -0.3 is 9.47 Å². The molecule has 1 aromatic heterocycles. The minimum absolute atomic E-state index is 0.0164. The highest BCUT2D eigenvalue weighted by Gasteiger charge is 2.33. The zero-order valence-corrected chi connectivity index (χ0v) is 28.5. The van der Waals surface area contributed by atoms with E-state index in [0.717, 1.165) is 29.8 Å². The number of hydrogen-bond acceptors (Lipinski definition) is 3. The molecule has 1 aromatic carbocycles. The van der Waals surface area contributed by atoms with Crippen LogP contribution in [0.3, 0.4) is 0 Å². The Bertz CT molecular complexity index is 1070. The molecule has 1 aliphatic heterocycles. The first-order valence-corrected chi connectivity index (χ1v) is 17.4. The smallest absolute Gasteiger partial charge is 0.180 e. The summed E-state index contributed by atoms with van der Waals surface area (Å²) in [6.07, 6.45) is 14.0. The average Bonchev–Trinajstić information content (AvgIpc) is 3.30. The molecular weight excluding hydrogens is 508 g/mol. The van der Waals surface area contributed by atoms with Crippen molar-refractivity contribution in [2.75, 3.05) is 13.2 Å². The van der Waals surface area contributed by atoms with Gasteiger partial charge in [0.15, 0.2) is 11.5 Å². The van der Waals surface area contributed by atoms with E-state index in [1.54, 1.807) is 5.56 Å². The first-order valence-electron chi connectivity index (χ1n) is 16.5. The highest BCUT2D eigenvalue weighted by molar-refractivity contribution is 7.16. The fraction of sp³-hybridized carbons (Fsp3) is 0.730. The number of aryl methyl sites for hydroxylation is 2. The van der Waals surface area contributed by atoms with E-state index >= 15 is 0 Å². The van der Waals surface area contributed by atoms with Gasteiger partial charge in [-0.1, -0.05) is 120 Å². The molecule has 0 N–H and O–H groups in total. The van der Waals surface area contributed by atoms with E-state index in [4.69, 9.17) is 9.47 Å². The van der Waals surface area contributed by atoms with E-state index in [2.05, 4.69) is 81.4 Å². The SMILES string of the molecule is CCCCC(CC)CCc1cc(CCC(CC)CCC)c(C(C)(C)C)cc1-c1sc(C(C)(C)C)c2c1OCCO2. The van der Waals surface area contributed by atoms with Crippen LogP contribution in [0.1, 0.15) is 149 Å². The third kappa shape index (κ3) is 8.30. The van der Waals surface area contributed by atoms with Crippen molar-refractivity contribution in [2.24, 2.45) is 11.8 Å². The average molecular weight is 569 g/mol. The number of ether oxygens (including phenoxy) is 2. The number of unbranched alkanes of at least 4 members (excludes halogenated alkanes) is 1. The molecule has 2 atom stereocenters. The van der Waals surface area contributed by atoms with Crippen molar-refractivity contribution in [3.05, 3.63) is 33.7 Å². The molecule has 0 saturated carbocycles. The quantitative estimate of drug-likeness (QED) is 0.226. The molecular formula is C37H60O2S. The highest BCUT2D eigenvalue weighted by Crippen LogP contribution is 2.54. The van der Waals surface area contributed by atoms with Gasteiger partial charge in [0.25, 0.3) is 0 Å². The predicted molar refractivity (Wildman–Crippen MR) is 177 cm³/mol. The number of fused-ring (bicyclic) bond motifs is 1. The molecule has 3 heteroatoms. The Morgan fingerprint density at radius 1 is 0.700 bits per heavy atom. The second kappa shape index (κ2) is 14.6. The number of hydrogen-bond donors (Lipinski definition) is 0. The molecule has 0 radical (unpaired) electrons. The summed E-state index contributed by atoms with van der Waals surface area (Å²) in [5.41, 5.74) is 6.08. The number of benzene rings is 1. The van der Waals surface area contributed by atoms with Gasteiger partial charge in [-0.05, 0) is 71.3 Å². The molecule has 2 unspecified atom stereocenters. The van der Waals surface area contributed by atoms with E-state index in [9.17, 15) is 0 Å². The van der Waals surface area contributed by atoms with E-state index in [1.165, 1.54) is 90.7 Å². The number of thiophene rings is 1. The Balaban J connectivity index is 2.16. The molecule has 0 amide bonds. The van der Waals surface area contributed by atoms with Crippen LogP contribution in [-0.4, -0.2) is 13.2 Å². The van der Waals surface area contributed by atoms with Gasteiger partial charge in [0.2, 0.25) is 0 Å². The topological polar surface area (TPSA) is 18.5 Å². The summed E-state index contributed by atoms with van der Waals surface area (Å²) in [5, 5.41) is 0. The van der Waals surface area contributed by atoms with E-state index in [-0.39, 0.29) is 10.8 Å². The van der Waals surface area contributed by atoms with Crippen LogP contribution in [0.2, 0.25) is 0 Å². The largest absolute Gasteiger partial charge is 0.485 e. The van der Waals surface area contributed by atoms with Gasteiger partial charge in [-0.25, -0.2) is 0 Å². The summed E-state index contributed by atoms with van der Waals surface area (Å²) in [6.45, 7) is 24.7. The molecule has 0 fully saturated rings. The minimum Gasteiger partial charge on any atom is -0.485 e. The molecule has 0 aliphatic carbocycles. The molecule has 2 aromatic rings. The minimum atomic E-state index is 0.0164. The Labute approximate surface area is 251 Å². The third-order valence-corrected chi connectivity index (χ3v) is 10.5. The maximum Gasteiger partial charge on any atom is 0.180 e. The van der Waals surface area contributed by atoms with Crippen molar-refractivity contribution in [3.8, 4) is 21.9 Å². The van der Waals surface area contributed by atoms with Crippen LogP contribution in [0.15, 0.2) is 12.1 Å². The standard InChI is InChI=1S/C37H60O2S/c1-11-15-17-27(14-4)18-20-28-24-29(21-19-26(13-3)16-12-2)31(36(5,6)7)25-30(28)34-32-33(39-23-22-38-32)35(40-34)37(8,9)10/h24-27H,11-23H2,1-10H3. The molecule has 40 heavy (non-hydrogen) atoms. The lowest BCUT2D eigenvalue weighted by molar-refractivity contribution is 0.171. The van der Waals surface area contributed by atoms with E-state index in [1.807, 2.05) is 11.3 Å². The lowest BCUT2D eigenvalue weighted by atomic mass is 9.78. The van der Waals surface area contributed by atoms with Crippen molar-refractivity contribution in [3.63, 3.8) is 0 Å². The lowest BCUT2D eigenvalue weighted by Crippen LogP contribution is -2.18. The summed E-state index contributed by atoms with van der Waals surface area (Å²) in [5.74, 6) is 3.60. The monoisotopic (exact) mass is 568 g/mol. The fourth-order valence-electron chi connectivity index (χ4n) is 6.37. The lowest BCUT2D eigenvalue weighted by Gasteiger charge is -2.27. The molecule has 0 spiro atoms. The first-order chi connectivity index (χ1) is 18.9. The van der Waals surface area contributed by atoms with Crippen molar-refractivity contribution < 1.29 is 9.47 Å². The molecule has 3 rings (SSSR count). The summed E-state index contributed by atoms with van der Waals surface area (Å²) in [6, 6.07) is 5.18. The van der Waals surface area contributed by atoms with Crippen LogP contribution in [0.5, 0.6) is 11.5 Å². The molecule has 2 nitrogen and oxygen atoms in total. The fourth-order valence-corrected chi connectivity index (χ4v) is 7.66. The zero-order valence-electron chi connectivity index (χ0n) is 27.7. The zero-order chi connectivity index (χ0) is 29.5. The predicted octanol–water partition coefficient (Wildman–Crippen LogP) is 11.7. The van der Waals surface area contributed by atoms with Crippen LogP contribution in [-0.2, 0) is 23.7 Å². The molecule has 1 aliphatic rings. The molecule has 2 heterocycles. The Kier molecular flexibility index (Phi) is 12.1. The highest BCUT2D eigenvalue weighted by atomic mass is 32.1. The van der Waals surface area contributed by atoms with E-state index in [0.29, 0.717) is 13.2 Å². The molecule has 226 valence electrons. The number of rotatable bonds is 14. The Morgan fingerprint density at radius 2 is 1.30 bits per heavy atom. The van der Waals surface area contributed by atoms with Gasteiger partial charge >= 0.3 is 0 Å². The van der Waals surface area contributed by atoms with Gasteiger partial charge in [0.1, 0.15) is 13.2 Å². The van der Waals surface area contributed by atoms with Crippen molar-refractivity contribution in [1.82, 2.24) is 0 Å². The molecule has 0 saturated heterocycles. The van der Waals surface area contributed by atoms with Gasteiger partial charge in [-0.15, -0.1) is 11.3 Å². The first kappa shape index (κ1) is 33.0. The normalized spacial score (nSPS) is 15.3. The van der Waals surface area contributed by atoms with Gasteiger partial charge in [0, 0.05) is 5.41 Å². The van der Waals surface area contributed by atoms with Gasteiger partial charge in [-0.2, -0.15) is 0 Å². The van der Waals surface area contributed by atoms with Crippen LogP contribution >= 0.6 is 11.3 Å².